The number of hydrogen-bond acceptors (Lipinski definition) is 2. The first-order valence-corrected chi connectivity index (χ1v) is 3.69. The molecule has 0 aromatic heterocycles. The van der Waals surface area contributed by atoms with Crippen LogP contribution in [0, 0.1) is 0 Å². The van der Waals surface area contributed by atoms with E-state index in [-0.39, 0.29) is 5.75 Å². The van der Waals surface area contributed by atoms with Crippen molar-refractivity contribution < 1.29 is 19.0 Å². The Kier molecular flexibility index (Phi) is 2.51. The Balaban J connectivity index is 2.75. The van der Waals surface area contributed by atoms with Crippen molar-refractivity contribution in [3.05, 3.63) is 30.3 Å². The number of rotatable bonds is 3. The number of benzene rings is 1. The summed E-state index contributed by atoms with van der Waals surface area (Å²) in [5, 5.41) is 8.40. The molecule has 1 N–H and O–H groups in total. The number of ether oxygens (including phenoxy) is 1. The Morgan fingerprint density at radius 3 is 2.46 bits per heavy atom. The monoisotopic (exact) mass is 184 g/mol. The fourth-order valence-corrected chi connectivity index (χ4v) is 0.754. The third kappa shape index (κ3) is 2.43. The van der Waals surface area contributed by atoms with Gasteiger partial charge in [-0.2, -0.15) is 4.39 Å². The Hall–Kier alpha value is -1.58. The predicted octanol–water partition coefficient (Wildman–Crippen LogP) is 1.84. The molecular weight excluding hydrogens is 175 g/mol. The van der Waals surface area contributed by atoms with Crippen molar-refractivity contribution in [1.82, 2.24) is 0 Å². The molecule has 0 aliphatic heterocycles. The maximum atomic E-state index is 13.1. The van der Waals surface area contributed by atoms with Crippen LogP contribution < -0.4 is 4.74 Å². The van der Waals surface area contributed by atoms with Crippen LogP contribution in [0.1, 0.15) is 6.92 Å². The van der Waals surface area contributed by atoms with Crippen molar-refractivity contribution in [2.75, 3.05) is 0 Å². The molecule has 1 aromatic rings. The summed E-state index contributed by atoms with van der Waals surface area (Å²) >= 11 is 0. The van der Waals surface area contributed by atoms with Crippen molar-refractivity contribution in [1.29, 1.82) is 0 Å². The largest absolute Gasteiger partial charge is 0.476 e. The fourth-order valence-electron chi connectivity index (χ4n) is 0.754. The summed E-state index contributed by atoms with van der Waals surface area (Å²) in [6.45, 7) is 0.850. The van der Waals surface area contributed by atoms with Crippen molar-refractivity contribution in [3.8, 4) is 5.75 Å². The molecule has 0 spiro atoms. The van der Waals surface area contributed by atoms with E-state index >= 15 is 0 Å². The second-order valence-corrected chi connectivity index (χ2v) is 2.64. The van der Waals surface area contributed by atoms with E-state index in [1.54, 1.807) is 18.2 Å². The zero-order valence-electron chi connectivity index (χ0n) is 7.03. The Labute approximate surface area is 74.8 Å². The molecule has 0 aliphatic carbocycles. The van der Waals surface area contributed by atoms with E-state index in [0.717, 1.165) is 6.92 Å². The van der Waals surface area contributed by atoms with E-state index < -0.39 is 11.8 Å². The summed E-state index contributed by atoms with van der Waals surface area (Å²) in [5.74, 6) is -4.13. The van der Waals surface area contributed by atoms with Gasteiger partial charge in [-0.15, -0.1) is 0 Å². The van der Waals surface area contributed by atoms with Gasteiger partial charge in [0.1, 0.15) is 5.75 Å². The van der Waals surface area contributed by atoms with E-state index in [2.05, 4.69) is 4.74 Å². The number of alkyl halides is 1. The third-order valence-electron chi connectivity index (χ3n) is 1.43. The van der Waals surface area contributed by atoms with Gasteiger partial charge in [0.05, 0.1) is 0 Å². The number of carboxylic acid groups (broad SMARTS) is 1. The molecule has 0 saturated heterocycles. The predicted molar refractivity (Wildman–Crippen MR) is 44.2 cm³/mol. The van der Waals surface area contributed by atoms with Gasteiger partial charge in [-0.1, -0.05) is 18.2 Å². The lowest BCUT2D eigenvalue weighted by molar-refractivity contribution is -0.170. The molecule has 0 aliphatic rings. The number of aliphatic carboxylic acids is 1. The van der Waals surface area contributed by atoms with Crippen LogP contribution in [0.5, 0.6) is 5.75 Å². The SMILES string of the molecule is CC(F)(Oc1ccccc1)C(=O)O. The first-order valence-electron chi connectivity index (χ1n) is 3.69. The number of hydrogen-bond donors (Lipinski definition) is 1. The van der Waals surface area contributed by atoms with E-state index in [9.17, 15) is 9.18 Å². The number of carbonyl (C=O) groups is 1. The molecule has 0 saturated carbocycles. The molecule has 1 unspecified atom stereocenters. The van der Waals surface area contributed by atoms with Crippen molar-refractivity contribution in [2.45, 2.75) is 12.8 Å². The third-order valence-corrected chi connectivity index (χ3v) is 1.43. The fraction of sp³-hybridized carbons (Fsp3) is 0.222. The molecular formula is C9H9FO3. The summed E-state index contributed by atoms with van der Waals surface area (Å²) in [4.78, 5) is 10.3. The van der Waals surface area contributed by atoms with Gasteiger partial charge < -0.3 is 9.84 Å². The summed E-state index contributed by atoms with van der Waals surface area (Å²) in [7, 11) is 0. The van der Waals surface area contributed by atoms with E-state index in [1.807, 2.05) is 0 Å². The van der Waals surface area contributed by atoms with Crippen LogP contribution >= 0.6 is 0 Å². The molecule has 13 heavy (non-hydrogen) atoms. The summed E-state index contributed by atoms with van der Waals surface area (Å²) in [6, 6.07) is 7.96. The number of halogens is 1. The topological polar surface area (TPSA) is 46.5 Å². The lowest BCUT2D eigenvalue weighted by Crippen LogP contribution is -2.36. The highest BCUT2D eigenvalue weighted by Crippen LogP contribution is 2.18. The molecule has 1 rings (SSSR count). The zero-order chi connectivity index (χ0) is 9.90. The van der Waals surface area contributed by atoms with E-state index in [1.165, 1.54) is 12.1 Å². The molecule has 70 valence electrons. The first kappa shape index (κ1) is 9.51. The number of carboxylic acids is 1. The highest BCUT2D eigenvalue weighted by molar-refractivity contribution is 5.75. The zero-order valence-corrected chi connectivity index (χ0v) is 7.03. The summed E-state index contributed by atoms with van der Waals surface area (Å²) < 4.78 is 17.7. The van der Waals surface area contributed by atoms with Crippen LogP contribution in [0.15, 0.2) is 30.3 Å². The van der Waals surface area contributed by atoms with Gasteiger partial charge in [0.15, 0.2) is 0 Å². The summed E-state index contributed by atoms with van der Waals surface area (Å²) in [6.07, 6.45) is 0. The molecule has 1 aromatic carbocycles. The Bertz CT molecular complexity index is 295. The Morgan fingerprint density at radius 1 is 1.46 bits per heavy atom. The second kappa shape index (κ2) is 3.43. The van der Waals surface area contributed by atoms with Gasteiger partial charge >= 0.3 is 11.8 Å². The molecule has 0 amide bonds. The van der Waals surface area contributed by atoms with Crippen molar-refractivity contribution >= 4 is 5.97 Å². The van der Waals surface area contributed by atoms with Crippen LogP contribution in [-0.4, -0.2) is 16.9 Å². The van der Waals surface area contributed by atoms with Gasteiger partial charge in [0.25, 0.3) is 0 Å². The normalized spacial score (nSPS) is 14.6. The molecule has 4 heteroatoms. The highest BCUT2D eigenvalue weighted by Gasteiger charge is 2.35. The maximum absolute atomic E-state index is 13.1. The lowest BCUT2D eigenvalue weighted by Gasteiger charge is -2.16. The van der Waals surface area contributed by atoms with Crippen molar-refractivity contribution in [3.63, 3.8) is 0 Å². The van der Waals surface area contributed by atoms with Gasteiger partial charge in [-0.25, -0.2) is 4.79 Å². The second-order valence-electron chi connectivity index (χ2n) is 2.64. The standard InChI is InChI=1S/C9H9FO3/c1-9(10,8(11)12)13-7-5-3-2-4-6-7/h2-6H,1H3,(H,11,12). The molecule has 0 fully saturated rings. The van der Waals surface area contributed by atoms with Gasteiger partial charge in [0.2, 0.25) is 0 Å². The van der Waals surface area contributed by atoms with Gasteiger partial charge in [-0.05, 0) is 12.1 Å². The van der Waals surface area contributed by atoms with Crippen LogP contribution in [0.2, 0.25) is 0 Å². The van der Waals surface area contributed by atoms with Gasteiger partial charge in [-0.3, -0.25) is 0 Å². The minimum atomic E-state index is -2.68. The van der Waals surface area contributed by atoms with Crippen LogP contribution in [0.3, 0.4) is 0 Å². The molecule has 3 nitrogen and oxygen atoms in total. The lowest BCUT2D eigenvalue weighted by atomic mass is 10.3. The average molecular weight is 184 g/mol. The average Bonchev–Trinajstić information content (AvgIpc) is 2.05. The van der Waals surface area contributed by atoms with Gasteiger partial charge in [0, 0.05) is 6.92 Å². The van der Waals surface area contributed by atoms with Crippen molar-refractivity contribution in [2.24, 2.45) is 0 Å². The number of para-hydroxylation sites is 1. The smallest absolute Gasteiger partial charge is 0.381 e. The van der Waals surface area contributed by atoms with Crippen LogP contribution in [0.4, 0.5) is 4.39 Å². The van der Waals surface area contributed by atoms with Crippen LogP contribution in [-0.2, 0) is 4.79 Å². The maximum Gasteiger partial charge on any atom is 0.381 e. The first-order chi connectivity index (χ1) is 6.02. The molecule has 0 heterocycles. The molecule has 0 bridgehead atoms. The minimum absolute atomic E-state index is 0.190. The van der Waals surface area contributed by atoms with Crippen LogP contribution in [0.25, 0.3) is 0 Å². The molecule has 1 atom stereocenters. The summed E-state index contributed by atoms with van der Waals surface area (Å²) in [5.41, 5.74) is 0. The van der Waals surface area contributed by atoms with E-state index in [0.29, 0.717) is 0 Å². The minimum Gasteiger partial charge on any atom is -0.476 e. The Morgan fingerprint density at radius 2 is 2.00 bits per heavy atom. The van der Waals surface area contributed by atoms with E-state index in [4.69, 9.17) is 5.11 Å². The highest BCUT2D eigenvalue weighted by atomic mass is 19.2. The molecule has 0 radical (unpaired) electrons. The quantitative estimate of drug-likeness (QED) is 0.779.